The molecule has 170 valence electrons. The molecule has 1 aromatic rings. The topological polar surface area (TPSA) is 48.5 Å². The number of likely N-dealkylation sites (tertiary alicyclic amines) is 1. The molecule has 0 saturated carbocycles. The Morgan fingerprint density at radius 3 is 2.47 bits per heavy atom. The molecule has 2 saturated heterocycles. The van der Waals surface area contributed by atoms with Crippen molar-refractivity contribution in [3.05, 3.63) is 65.4 Å². The van der Waals surface area contributed by atoms with Gasteiger partial charge in [0.15, 0.2) is 0 Å². The number of carbonyl (C=O) groups excluding carboxylic acids is 1. The molecule has 2 fully saturated rings. The zero-order valence-corrected chi connectivity index (χ0v) is 18.7. The van der Waals surface area contributed by atoms with Gasteiger partial charge in [0, 0.05) is 38.7 Å². The average molecular weight is 441 g/mol. The minimum Gasteiger partial charge on any atom is -0.350 e. The first-order valence-corrected chi connectivity index (χ1v) is 11.2. The molecule has 1 aromatic heterocycles. The average Bonchev–Trinajstić information content (AvgIpc) is 3.13. The van der Waals surface area contributed by atoms with Crippen LogP contribution in [0.25, 0.3) is 0 Å². The molecular formula is C25H30F2N4O. The molecule has 0 aromatic carbocycles. The van der Waals surface area contributed by atoms with Gasteiger partial charge in [-0.2, -0.15) is 0 Å². The summed E-state index contributed by atoms with van der Waals surface area (Å²) in [6.45, 7) is 5.04. The van der Waals surface area contributed by atoms with Crippen molar-refractivity contribution in [2.24, 2.45) is 0 Å². The van der Waals surface area contributed by atoms with E-state index in [0.29, 0.717) is 31.3 Å². The summed E-state index contributed by atoms with van der Waals surface area (Å²) in [6, 6.07) is 3.98. The van der Waals surface area contributed by atoms with E-state index in [1.54, 1.807) is 11.8 Å². The zero-order valence-electron chi connectivity index (χ0n) is 18.7. The van der Waals surface area contributed by atoms with Crippen LogP contribution in [0.15, 0.2) is 59.9 Å². The van der Waals surface area contributed by atoms with Gasteiger partial charge in [-0.25, -0.2) is 13.8 Å². The van der Waals surface area contributed by atoms with Crippen LogP contribution in [0, 0.1) is 0 Å². The third kappa shape index (κ3) is 5.26. The highest BCUT2D eigenvalue weighted by molar-refractivity contribution is 5.73. The standard InChI is InChI=1S/C25H30F2N4O/c1-18-7-5-3-4-6-8-22(18)28-23-15-21(20-9-12-30(13-10-20)19(2)32)16-24(29-23)31-14-11-25(26,27)17-31/h3-8,15-16,20H,9-14,17H2,1-2H3,(H,28,29)/b4-3?,5-3-,6-4-,7-5?,8-6?,18-7-,22-8+,22-18?. The number of nitrogens with one attached hydrogen (secondary N) is 1. The predicted molar refractivity (Wildman–Crippen MR) is 124 cm³/mol. The van der Waals surface area contributed by atoms with Gasteiger partial charge in [-0.15, -0.1) is 0 Å². The highest BCUT2D eigenvalue weighted by Gasteiger charge is 2.39. The Hall–Kier alpha value is -2.96. The SMILES string of the molecule is CC(=O)N1CCC(c2cc(NC3=C/C=C\C=C/C=C\3C)nc(N3CCC(F)(F)C3)c2)CC1. The number of anilines is 2. The Bertz CT molecular complexity index is 988. The quantitative estimate of drug-likeness (QED) is 0.714. The van der Waals surface area contributed by atoms with E-state index in [9.17, 15) is 13.6 Å². The summed E-state index contributed by atoms with van der Waals surface area (Å²) >= 11 is 0. The van der Waals surface area contributed by atoms with Crippen molar-refractivity contribution in [1.82, 2.24) is 9.88 Å². The van der Waals surface area contributed by atoms with Gasteiger partial charge in [0.25, 0.3) is 5.92 Å². The smallest absolute Gasteiger partial charge is 0.266 e. The molecule has 3 aliphatic rings. The molecule has 5 nitrogen and oxygen atoms in total. The number of hydrogen-bond donors (Lipinski definition) is 1. The summed E-state index contributed by atoms with van der Waals surface area (Å²) < 4.78 is 27.8. The highest BCUT2D eigenvalue weighted by Crippen LogP contribution is 2.35. The number of piperidine rings is 1. The number of pyridine rings is 1. The van der Waals surface area contributed by atoms with Gasteiger partial charge in [0.1, 0.15) is 11.6 Å². The molecule has 1 amide bonds. The molecule has 1 N–H and O–H groups in total. The van der Waals surface area contributed by atoms with Gasteiger partial charge in [-0.1, -0.05) is 30.4 Å². The zero-order chi connectivity index (χ0) is 22.7. The molecule has 0 spiro atoms. The summed E-state index contributed by atoms with van der Waals surface area (Å²) in [4.78, 5) is 19.9. The van der Waals surface area contributed by atoms with Crippen molar-refractivity contribution in [3.63, 3.8) is 0 Å². The molecule has 0 radical (unpaired) electrons. The van der Waals surface area contributed by atoms with E-state index in [4.69, 9.17) is 4.98 Å². The van der Waals surface area contributed by atoms with Gasteiger partial charge in [-0.05, 0) is 55.0 Å². The largest absolute Gasteiger partial charge is 0.350 e. The van der Waals surface area contributed by atoms with Crippen LogP contribution in [-0.4, -0.2) is 47.9 Å². The van der Waals surface area contributed by atoms with Crippen molar-refractivity contribution < 1.29 is 13.6 Å². The molecule has 3 heterocycles. The first-order chi connectivity index (χ1) is 15.3. The first-order valence-electron chi connectivity index (χ1n) is 11.2. The Balaban J connectivity index is 1.63. The lowest BCUT2D eigenvalue weighted by molar-refractivity contribution is -0.129. The van der Waals surface area contributed by atoms with E-state index in [1.165, 1.54) is 0 Å². The van der Waals surface area contributed by atoms with Crippen LogP contribution in [0.1, 0.15) is 44.6 Å². The number of amides is 1. The molecule has 1 aliphatic carbocycles. The number of carbonyl (C=O) groups is 1. The number of nitrogens with zero attached hydrogens (tertiary/aromatic N) is 3. The summed E-state index contributed by atoms with van der Waals surface area (Å²) in [6.07, 6.45) is 13.4. The Morgan fingerprint density at radius 1 is 1.09 bits per heavy atom. The predicted octanol–water partition coefficient (Wildman–Crippen LogP) is 5.02. The number of aromatic nitrogens is 1. The number of rotatable bonds is 4. The molecule has 32 heavy (non-hydrogen) atoms. The lowest BCUT2D eigenvalue weighted by atomic mass is 9.89. The van der Waals surface area contributed by atoms with Gasteiger partial charge in [0.2, 0.25) is 5.91 Å². The number of hydrogen-bond acceptors (Lipinski definition) is 4. The Morgan fingerprint density at radius 2 is 1.81 bits per heavy atom. The van der Waals surface area contributed by atoms with E-state index in [-0.39, 0.29) is 24.8 Å². The Kier molecular flexibility index (Phi) is 6.44. The van der Waals surface area contributed by atoms with Crippen molar-refractivity contribution in [2.45, 2.75) is 45.0 Å². The van der Waals surface area contributed by atoms with Crippen LogP contribution in [-0.2, 0) is 4.79 Å². The van der Waals surface area contributed by atoms with Crippen LogP contribution in [0.5, 0.6) is 0 Å². The summed E-state index contributed by atoms with van der Waals surface area (Å²) in [5, 5.41) is 3.41. The first kappa shape index (κ1) is 22.2. The molecular weight excluding hydrogens is 410 g/mol. The maximum Gasteiger partial charge on any atom is 0.266 e. The van der Waals surface area contributed by atoms with Crippen LogP contribution in [0.4, 0.5) is 20.4 Å². The molecule has 0 bridgehead atoms. The van der Waals surface area contributed by atoms with Gasteiger partial charge >= 0.3 is 0 Å². The van der Waals surface area contributed by atoms with Gasteiger partial charge in [0.05, 0.1) is 6.54 Å². The van der Waals surface area contributed by atoms with E-state index in [0.717, 1.165) is 29.7 Å². The summed E-state index contributed by atoms with van der Waals surface area (Å²) in [5.74, 6) is -1.09. The van der Waals surface area contributed by atoms with Crippen LogP contribution >= 0.6 is 0 Å². The molecule has 0 unspecified atom stereocenters. The molecule has 2 aliphatic heterocycles. The second kappa shape index (κ2) is 9.27. The lowest BCUT2D eigenvalue weighted by Gasteiger charge is -2.32. The number of alkyl halides is 2. The highest BCUT2D eigenvalue weighted by atomic mass is 19.3. The number of halogens is 2. The second-order valence-corrected chi connectivity index (χ2v) is 8.78. The van der Waals surface area contributed by atoms with Crippen molar-refractivity contribution in [2.75, 3.05) is 36.4 Å². The van der Waals surface area contributed by atoms with Gasteiger partial charge < -0.3 is 15.1 Å². The van der Waals surface area contributed by atoms with Crippen LogP contribution in [0.3, 0.4) is 0 Å². The van der Waals surface area contributed by atoms with E-state index in [2.05, 4.69) is 5.32 Å². The minimum atomic E-state index is -2.68. The lowest BCUT2D eigenvalue weighted by Crippen LogP contribution is -2.36. The molecule has 7 heteroatoms. The second-order valence-electron chi connectivity index (χ2n) is 8.78. The maximum atomic E-state index is 13.9. The normalized spacial score (nSPS) is 26.4. The number of allylic oxidation sites excluding steroid dienone is 7. The monoisotopic (exact) mass is 440 g/mol. The van der Waals surface area contributed by atoms with Crippen molar-refractivity contribution in [3.8, 4) is 0 Å². The Labute approximate surface area is 188 Å². The van der Waals surface area contributed by atoms with Crippen molar-refractivity contribution >= 4 is 17.5 Å². The third-order valence-corrected chi connectivity index (χ3v) is 6.37. The fourth-order valence-corrected chi connectivity index (χ4v) is 4.44. The summed E-state index contributed by atoms with van der Waals surface area (Å²) in [7, 11) is 0. The third-order valence-electron chi connectivity index (χ3n) is 6.37. The maximum absolute atomic E-state index is 13.9. The van der Waals surface area contributed by atoms with Crippen molar-refractivity contribution in [1.29, 1.82) is 0 Å². The van der Waals surface area contributed by atoms with E-state index < -0.39 is 5.92 Å². The van der Waals surface area contributed by atoms with Crippen LogP contribution in [0.2, 0.25) is 0 Å². The van der Waals surface area contributed by atoms with Gasteiger partial charge in [-0.3, -0.25) is 4.79 Å². The van der Waals surface area contributed by atoms with E-state index >= 15 is 0 Å². The minimum absolute atomic E-state index is 0.0982. The summed E-state index contributed by atoms with van der Waals surface area (Å²) in [5.41, 5.74) is 3.06. The van der Waals surface area contributed by atoms with E-state index in [1.807, 2.05) is 60.4 Å². The molecule has 4 rings (SSSR count). The fraction of sp³-hybridized carbons (Fsp3) is 0.440. The molecule has 0 atom stereocenters. The fourth-order valence-electron chi connectivity index (χ4n) is 4.44. The van der Waals surface area contributed by atoms with Crippen LogP contribution < -0.4 is 10.2 Å².